The molecule has 9 nitrogen and oxygen atoms in total. The van der Waals surface area contributed by atoms with Gasteiger partial charge in [-0.05, 0) is 49.3 Å². The number of rotatable bonds is 4. The molecule has 202 valence electrons. The van der Waals surface area contributed by atoms with Crippen LogP contribution >= 0.6 is 11.6 Å². The second kappa shape index (κ2) is 9.23. The van der Waals surface area contributed by atoms with Crippen LogP contribution in [-0.2, 0) is 7.05 Å². The van der Waals surface area contributed by atoms with Gasteiger partial charge in [-0.2, -0.15) is 4.98 Å². The van der Waals surface area contributed by atoms with Gasteiger partial charge in [-0.25, -0.2) is 13.8 Å². The number of aliphatic hydroxyl groups is 1. The number of anilines is 4. The molecule has 4 heterocycles. The van der Waals surface area contributed by atoms with Crippen molar-refractivity contribution in [2.45, 2.75) is 44.3 Å². The quantitative estimate of drug-likeness (QED) is 0.448. The molecule has 0 unspecified atom stereocenters. The molecule has 2 fully saturated rings. The minimum atomic E-state index is -3.11. The Morgan fingerprint density at radius 3 is 2.82 bits per heavy atom. The Balaban J connectivity index is 1.38. The Bertz CT molecular complexity index is 1450. The zero-order valence-electron chi connectivity index (χ0n) is 21.0. The van der Waals surface area contributed by atoms with E-state index in [0.29, 0.717) is 65.2 Å². The summed E-state index contributed by atoms with van der Waals surface area (Å²) in [5.74, 6) is -2.29. The first-order chi connectivity index (χ1) is 18.1. The number of aliphatic hydroxyl groups excluding tert-OH is 1. The molecular weight excluding hydrogens is 518 g/mol. The Kier molecular flexibility index (Phi) is 6.10. The third kappa shape index (κ3) is 4.51. The highest BCUT2D eigenvalue weighted by Crippen LogP contribution is 2.45. The summed E-state index contributed by atoms with van der Waals surface area (Å²) in [5.41, 5.74) is 0.958. The molecule has 3 atom stereocenters. The molecule has 0 amide bonds. The van der Waals surface area contributed by atoms with Gasteiger partial charge < -0.3 is 29.9 Å². The number of halogens is 3. The van der Waals surface area contributed by atoms with Crippen LogP contribution in [0.3, 0.4) is 0 Å². The van der Waals surface area contributed by atoms with Crippen molar-refractivity contribution in [2.75, 3.05) is 35.2 Å². The Labute approximate surface area is 222 Å². The molecule has 38 heavy (non-hydrogen) atoms. The number of β-amino-alcohol motifs (C(OH)–C–C–N with tert-alkyl or cyclic N) is 1. The summed E-state index contributed by atoms with van der Waals surface area (Å²) in [6, 6.07) is 4.16. The molecule has 0 spiro atoms. The summed E-state index contributed by atoms with van der Waals surface area (Å²) in [5, 5.41) is 17.3. The summed E-state index contributed by atoms with van der Waals surface area (Å²) in [7, 11) is 1.59. The predicted octanol–water partition coefficient (Wildman–Crippen LogP) is 4.15. The van der Waals surface area contributed by atoms with E-state index in [1.54, 1.807) is 25.2 Å². The molecule has 1 saturated carbocycles. The van der Waals surface area contributed by atoms with E-state index >= 15 is 0 Å². The average molecular weight is 547 g/mol. The topological polar surface area (TPSA) is 105 Å². The first-order valence-corrected chi connectivity index (χ1v) is 13.1. The van der Waals surface area contributed by atoms with Crippen molar-refractivity contribution in [3.8, 4) is 5.75 Å². The van der Waals surface area contributed by atoms with Crippen LogP contribution in [0.5, 0.6) is 5.75 Å². The number of hydrogen-bond acceptors (Lipinski definition) is 8. The van der Waals surface area contributed by atoms with E-state index in [-0.39, 0.29) is 17.4 Å². The van der Waals surface area contributed by atoms with E-state index in [9.17, 15) is 18.7 Å². The number of benzene rings is 1. The van der Waals surface area contributed by atoms with Crippen LogP contribution in [0.15, 0.2) is 29.2 Å². The number of fused-ring (bicyclic) bond motifs is 3. The van der Waals surface area contributed by atoms with E-state index in [0.717, 1.165) is 6.42 Å². The van der Waals surface area contributed by atoms with Crippen molar-refractivity contribution >= 4 is 45.6 Å². The van der Waals surface area contributed by atoms with Gasteiger partial charge in [0.2, 0.25) is 11.7 Å². The zero-order chi connectivity index (χ0) is 26.8. The van der Waals surface area contributed by atoms with Gasteiger partial charge in [-0.1, -0.05) is 18.5 Å². The standard InChI is InChI=1S/C26H29ClF2N6O3/c1-13-7-16(36)11-35(10-13)25-30-9-18(27)23(33-25)31-15-5-6-19-17(8-15)20-21(24(37)34(19)2)38-12-26(28,29)22(32-20)14-3-4-14/h5-6,8-9,13-14,16,22,32,36H,3-4,7,10-12H2,1-2H3,(H,30,31,33)/t13-,16-,22-/m0/s1. The SMILES string of the molecule is C[C@H]1C[C@H](O)CN(c2ncc(Cl)c(Nc3ccc4c(c3)c3c(c(=O)n4C)OCC(F)(F)[C@H](C4CC4)N3)n2)C1. The van der Waals surface area contributed by atoms with Crippen LogP contribution < -0.4 is 25.8 Å². The number of nitrogens with one attached hydrogen (secondary N) is 2. The van der Waals surface area contributed by atoms with Crippen molar-refractivity contribution in [1.29, 1.82) is 0 Å². The summed E-state index contributed by atoms with van der Waals surface area (Å²) >= 11 is 6.42. The Hall–Kier alpha value is -3.18. The van der Waals surface area contributed by atoms with Crippen LogP contribution in [0.25, 0.3) is 10.9 Å². The van der Waals surface area contributed by atoms with Gasteiger partial charge >= 0.3 is 5.92 Å². The highest BCUT2D eigenvalue weighted by molar-refractivity contribution is 6.32. The van der Waals surface area contributed by atoms with Crippen LogP contribution in [0.1, 0.15) is 26.2 Å². The van der Waals surface area contributed by atoms with Crippen molar-refractivity contribution in [3.63, 3.8) is 0 Å². The fraction of sp³-hybridized carbons (Fsp3) is 0.500. The largest absolute Gasteiger partial charge is 0.480 e. The van der Waals surface area contributed by atoms with Gasteiger partial charge in [0.05, 0.1) is 29.5 Å². The maximum atomic E-state index is 14.9. The fourth-order valence-corrected chi connectivity index (χ4v) is 5.64. The number of ether oxygens (including phenoxy) is 1. The zero-order valence-corrected chi connectivity index (χ0v) is 21.8. The van der Waals surface area contributed by atoms with E-state index < -0.39 is 30.2 Å². The third-order valence-electron chi connectivity index (χ3n) is 7.53. The predicted molar refractivity (Wildman–Crippen MR) is 142 cm³/mol. The molecule has 6 rings (SSSR count). The normalized spacial score (nSPS) is 24.8. The molecule has 0 bridgehead atoms. The summed E-state index contributed by atoms with van der Waals surface area (Å²) < 4.78 is 36.7. The van der Waals surface area contributed by atoms with Gasteiger partial charge in [-0.15, -0.1) is 0 Å². The molecule has 2 aromatic heterocycles. The molecule has 0 radical (unpaired) electrons. The Morgan fingerprint density at radius 1 is 1.29 bits per heavy atom. The molecule has 3 N–H and O–H groups in total. The van der Waals surface area contributed by atoms with Crippen molar-refractivity contribution in [1.82, 2.24) is 14.5 Å². The van der Waals surface area contributed by atoms with Gasteiger partial charge in [-0.3, -0.25) is 4.79 Å². The maximum Gasteiger partial charge on any atom is 0.301 e. The number of aryl methyl sites for hydroxylation is 1. The number of alkyl halides is 2. The highest BCUT2D eigenvalue weighted by Gasteiger charge is 2.51. The van der Waals surface area contributed by atoms with E-state index in [2.05, 4.69) is 27.5 Å². The smallest absolute Gasteiger partial charge is 0.301 e. The Morgan fingerprint density at radius 2 is 2.08 bits per heavy atom. The van der Waals surface area contributed by atoms with E-state index in [4.69, 9.17) is 16.3 Å². The minimum Gasteiger partial charge on any atom is -0.480 e. The van der Waals surface area contributed by atoms with Crippen LogP contribution in [0, 0.1) is 11.8 Å². The molecule has 3 aliphatic rings. The summed E-state index contributed by atoms with van der Waals surface area (Å²) in [6.45, 7) is 2.36. The van der Waals surface area contributed by atoms with E-state index in [1.807, 2.05) is 4.90 Å². The number of pyridine rings is 1. The number of piperidine rings is 1. The molecule has 3 aromatic rings. The monoisotopic (exact) mass is 546 g/mol. The van der Waals surface area contributed by atoms with Gasteiger partial charge in [0, 0.05) is 31.2 Å². The first-order valence-electron chi connectivity index (χ1n) is 12.8. The highest BCUT2D eigenvalue weighted by atomic mass is 35.5. The average Bonchev–Trinajstić information content (AvgIpc) is 3.71. The van der Waals surface area contributed by atoms with Crippen LogP contribution in [-0.4, -0.2) is 57.4 Å². The molecule has 12 heteroatoms. The molecule has 1 saturated heterocycles. The van der Waals surface area contributed by atoms with Gasteiger partial charge in [0.1, 0.15) is 5.02 Å². The summed E-state index contributed by atoms with van der Waals surface area (Å²) in [6.07, 6.45) is 3.19. The number of aromatic nitrogens is 3. The van der Waals surface area contributed by atoms with Crippen LogP contribution in [0.2, 0.25) is 5.02 Å². The lowest BCUT2D eigenvalue weighted by Gasteiger charge is -2.34. The van der Waals surface area contributed by atoms with E-state index in [1.165, 1.54) is 10.8 Å². The summed E-state index contributed by atoms with van der Waals surface area (Å²) in [4.78, 5) is 23.9. The molecular formula is C26H29ClF2N6O3. The van der Waals surface area contributed by atoms with Gasteiger partial charge in [0.25, 0.3) is 5.56 Å². The third-order valence-corrected chi connectivity index (χ3v) is 7.80. The second-order valence-electron chi connectivity index (χ2n) is 10.7. The van der Waals surface area contributed by atoms with Crippen molar-refractivity contribution in [2.24, 2.45) is 18.9 Å². The first kappa shape index (κ1) is 25.1. The lowest BCUT2D eigenvalue weighted by Crippen LogP contribution is -2.44. The van der Waals surface area contributed by atoms with Gasteiger partial charge in [0.15, 0.2) is 12.4 Å². The van der Waals surface area contributed by atoms with Crippen molar-refractivity contribution in [3.05, 3.63) is 39.8 Å². The number of nitrogens with zero attached hydrogens (tertiary/aromatic N) is 4. The minimum absolute atomic E-state index is 0.111. The number of hydrogen-bond donors (Lipinski definition) is 3. The van der Waals surface area contributed by atoms with Crippen molar-refractivity contribution < 1.29 is 18.6 Å². The second-order valence-corrected chi connectivity index (χ2v) is 11.1. The lowest BCUT2D eigenvalue weighted by molar-refractivity contribution is -0.0579. The molecule has 1 aromatic carbocycles. The molecule has 2 aliphatic heterocycles. The lowest BCUT2D eigenvalue weighted by atomic mass is 9.98. The molecule has 1 aliphatic carbocycles. The van der Waals surface area contributed by atoms with Crippen LogP contribution in [0.4, 0.5) is 31.9 Å². The fourth-order valence-electron chi connectivity index (χ4n) is 5.50. The maximum absolute atomic E-state index is 14.9.